The molecule has 1 fully saturated rings. The summed E-state index contributed by atoms with van der Waals surface area (Å²) in [6, 6.07) is 7.75. The maximum absolute atomic E-state index is 11.8. The minimum absolute atomic E-state index is 0.214. The minimum Gasteiger partial charge on any atom is -0.396 e. The Kier molecular flexibility index (Phi) is 8.90. The molecule has 2 aliphatic heterocycles. The van der Waals surface area contributed by atoms with E-state index in [2.05, 4.69) is 27.4 Å². The number of ether oxygens (including phenoxy) is 1. The van der Waals surface area contributed by atoms with Crippen molar-refractivity contribution in [3.05, 3.63) is 35.5 Å². The summed E-state index contributed by atoms with van der Waals surface area (Å²) in [6.07, 6.45) is 3.65. The number of hydrogen-bond donors (Lipinski definition) is 3. The Bertz CT molecular complexity index is 984. The number of urea groups is 1. The molecule has 1 aromatic carbocycles. The number of hydrogen-bond acceptors (Lipinski definition) is 7. The number of morpholine rings is 1. The van der Waals surface area contributed by atoms with Gasteiger partial charge in [0, 0.05) is 56.0 Å². The van der Waals surface area contributed by atoms with Gasteiger partial charge in [-0.15, -0.1) is 0 Å². The summed E-state index contributed by atoms with van der Waals surface area (Å²) in [6.45, 7) is 10.1. The molecule has 0 radical (unpaired) electrons. The van der Waals surface area contributed by atoms with Crippen LogP contribution in [-0.2, 0) is 17.6 Å². The average molecular weight is 483 g/mol. The van der Waals surface area contributed by atoms with Crippen LogP contribution in [0.2, 0.25) is 0 Å². The summed E-state index contributed by atoms with van der Waals surface area (Å²) < 4.78 is 5.70. The van der Waals surface area contributed by atoms with Crippen molar-refractivity contribution in [1.29, 1.82) is 0 Å². The highest BCUT2D eigenvalue weighted by atomic mass is 16.5. The summed E-state index contributed by atoms with van der Waals surface area (Å²) in [5.41, 5.74) is 4.04. The normalized spacial score (nSPS) is 18.6. The van der Waals surface area contributed by atoms with Gasteiger partial charge in [0.15, 0.2) is 5.82 Å². The lowest BCUT2D eigenvalue weighted by molar-refractivity contribution is 0.0984. The van der Waals surface area contributed by atoms with Crippen LogP contribution in [0.3, 0.4) is 0 Å². The Hall–Kier alpha value is -2.75. The van der Waals surface area contributed by atoms with Gasteiger partial charge in [0.1, 0.15) is 5.82 Å². The Morgan fingerprint density at radius 1 is 1.14 bits per heavy atom. The Morgan fingerprint density at radius 2 is 1.94 bits per heavy atom. The largest absolute Gasteiger partial charge is 0.396 e. The quantitative estimate of drug-likeness (QED) is 0.497. The molecule has 0 unspecified atom stereocenters. The molecule has 1 atom stereocenters. The molecule has 3 heterocycles. The van der Waals surface area contributed by atoms with Gasteiger partial charge in [-0.1, -0.05) is 0 Å². The summed E-state index contributed by atoms with van der Waals surface area (Å²) in [5.74, 6) is 1.75. The van der Waals surface area contributed by atoms with Gasteiger partial charge >= 0.3 is 6.03 Å². The van der Waals surface area contributed by atoms with Crippen LogP contribution in [0.5, 0.6) is 0 Å². The van der Waals surface area contributed by atoms with Crippen molar-refractivity contribution in [2.24, 2.45) is 0 Å². The minimum atomic E-state index is -0.214. The molecular weight excluding hydrogens is 444 g/mol. The van der Waals surface area contributed by atoms with Crippen molar-refractivity contribution < 1.29 is 14.6 Å². The van der Waals surface area contributed by atoms with Crippen LogP contribution in [0.25, 0.3) is 11.4 Å². The highest BCUT2D eigenvalue weighted by Gasteiger charge is 2.27. The number of nitrogens with zero attached hydrogens (tertiary/aromatic N) is 4. The van der Waals surface area contributed by atoms with Gasteiger partial charge < -0.3 is 30.3 Å². The van der Waals surface area contributed by atoms with E-state index in [9.17, 15) is 4.79 Å². The molecule has 1 aromatic heterocycles. The maximum atomic E-state index is 11.8. The number of aliphatic hydroxyl groups is 1. The van der Waals surface area contributed by atoms with Crippen LogP contribution in [0.4, 0.5) is 16.3 Å². The molecule has 9 heteroatoms. The molecule has 2 aliphatic rings. The molecular formula is C26H38N6O3. The first-order chi connectivity index (χ1) is 17.1. The second-order valence-corrected chi connectivity index (χ2v) is 9.25. The SMILES string of the molecule is CCNC(=O)Nc1ccc(-c2nc3c(c(N4CCOC[C@@H]4C)n2)CCN(CCCCO)CC3)cc1. The van der Waals surface area contributed by atoms with Crippen molar-refractivity contribution in [3.63, 3.8) is 0 Å². The lowest BCUT2D eigenvalue weighted by atomic mass is 10.1. The van der Waals surface area contributed by atoms with Gasteiger partial charge in [-0.2, -0.15) is 0 Å². The van der Waals surface area contributed by atoms with Crippen LogP contribution in [-0.4, -0.2) is 84.6 Å². The van der Waals surface area contributed by atoms with Crippen molar-refractivity contribution in [2.75, 3.05) is 62.8 Å². The molecule has 2 aromatic rings. The smallest absolute Gasteiger partial charge is 0.319 e. The molecule has 9 nitrogen and oxygen atoms in total. The average Bonchev–Trinajstić information content (AvgIpc) is 3.07. The monoisotopic (exact) mass is 482 g/mol. The topological polar surface area (TPSA) is 103 Å². The van der Waals surface area contributed by atoms with Gasteiger partial charge in [-0.05, 0) is 63.9 Å². The van der Waals surface area contributed by atoms with E-state index in [-0.39, 0.29) is 18.7 Å². The first-order valence-corrected chi connectivity index (χ1v) is 12.8. The molecule has 4 rings (SSSR count). The molecule has 35 heavy (non-hydrogen) atoms. The Balaban J connectivity index is 1.62. The third-order valence-corrected chi connectivity index (χ3v) is 6.67. The number of fused-ring (bicyclic) bond motifs is 1. The fourth-order valence-electron chi connectivity index (χ4n) is 4.74. The summed E-state index contributed by atoms with van der Waals surface area (Å²) in [4.78, 5) is 26.8. The number of amides is 2. The zero-order chi connectivity index (χ0) is 24.6. The van der Waals surface area contributed by atoms with Crippen molar-refractivity contribution >= 4 is 17.5 Å². The van der Waals surface area contributed by atoms with Gasteiger partial charge in [-0.25, -0.2) is 14.8 Å². The first kappa shape index (κ1) is 25.3. The molecule has 3 N–H and O–H groups in total. The Labute approximate surface area is 207 Å². The van der Waals surface area contributed by atoms with E-state index in [4.69, 9.17) is 19.8 Å². The van der Waals surface area contributed by atoms with Crippen molar-refractivity contribution in [2.45, 2.75) is 45.6 Å². The second kappa shape index (κ2) is 12.3. The number of aromatic nitrogens is 2. The number of benzene rings is 1. The van der Waals surface area contributed by atoms with E-state index in [0.717, 1.165) is 80.4 Å². The molecule has 0 bridgehead atoms. The molecule has 1 saturated heterocycles. The Morgan fingerprint density at radius 3 is 2.69 bits per heavy atom. The van der Waals surface area contributed by atoms with Crippen LogP contribution >= 0.6 is 0 Å². The van der Waals surface area contributed by atoms with Gasteiger partial charge in [-0.3, -0.25) is 0 Å². The standard InChI is InChI=1S/C26H38N6O3/c1-3-27-26(34)28-21-8-6-20(7-9-21)24-29-23-11-14-31(12-4-5-16-33)13-10-22(23)25(30-24)32-15-17-35-18-19(32)2/h6-9,19,33H,3-5,10-18H2,1-2H3,(H2,27,28,34)/t19-/m0/s1. The molecule has 0 saturated carbocycles. The fourth-order valence-corrected chi connectivity index (χ4v) is 4.74. The van der Waals surface area contributed by atoms with E-state index in [1.807, 2.05) is 31.2 Å². The molecule has 0 aliphatic carbocycles. The number of rotatable bonds is 8. The zero-order valence-electron chi connectivity index (χ0n) is 20.9. The predicted octanol–water partition coefficient (Wildman–Crippen LogP) is 2.68. The molecule has 190 valence electrons. The van der Waals surface area contributed by atoms with Crippen molar-refractivity contribution in [1.82, 2.24) is 20.2 Å². The molecule has 2 amide bonds. The third-order valence-electron chi connectivity index (χ3n) is 6.67. The van der Waals surface area contributed by atoms with E-state index in [0.29, 0.717) is 19.8 Å². The van der Waals surface area contributed by atoms with E-state index >= 15 is 0 Å². The number of aliphatic hydroxyl groups excluding tert-OH is 1. The van der Waals surface area contributed by atoms with E-state index < -0.39 is 0 Å². The van der Waals surface area contributed by atoms with Gasteiger partial charge in [0.25, 0.3) is 0 Å². The number of anilines is 2. The van der Waals surface area contributed by atoms with Crippen LogP contribution < -0.4 is 15.5 Å². The summed E-state index contributed by atoms with van der Waals surface area (Å²) >= 11 is 0. The number of nitrogens with one attached hydrogen (secondary N) is 2. The van der Waals surface area contributed by atoms with Crippen molar-refractivity contribution in [3.8, 4) is 11.4 Å². The van der Waals surface area contributed by atoms with E-state index in [1.165, 1.54) is 5.56 Å². The second-order valence-electron chi connectivity index (χ2n) is 9.25. The van der Waals surface area contributed by atoms with Crippen LogP contribution in [0.1, 0.15) is 37.9 Å². The third kappa shape index (κ3) is 6.48. The highest BCUT2D eigenvalue weighted by Crippen LogP contribution is 2.30. The number of unbranched alkanes of at least 4 members (excludes halogenated alkanes) is 1. The van der Waals surface area contributed by atoms with Crippen LogP contribution in [0, 0.1) is 0 Å². The highest BCUT2D eigenvalue weighted by molar-refractivity contribution is 5.89. The van der Waals surface area contributed by atoms with Gasteiger partial charge in [0.2, 0.25) is 0 Å². The first-order valence-electron chi connectivity index (χ1n) is 12.8. The number of carbonyl (C=O) groups excluding carboxylic acids is 1. The maximum Gasteiger partial charge on any atom is 0.319 e. The lowest BCUT2D eigenvalue weighted by Crippen LogP contribution is -2.45. The fraction of sp³-hybridized carbons (Fsp3) is 0.577. The summed E-state index contributed by atoms with van der Waals surface area (Å²) in [5, 5.41) is 14.7. The predicted molar refractivity (Wildman–Crippen MR) is 138 cm³/mol. The number of carbonyl (C=O) groups is 1. The zero-order valence-corrected chi connectivity index (χ0v) is 20.9. The molecule has 0 spiro atoms. The lowest BCUT2D eigenvalue weighted by Gasteiger charge is -2.36. The van der Waals surface area contributed by atoms with Gasteiger partial charge in [0.05, 0.1) is 24.9 Å². The van der Waals surface area contributed by atoms with E-state index in [1.54, 1.807) is 0 Å². The summed E-state index contributed by atoms with van der Waals surface area (Å²) in [7, 11) is 0. The van der Waals surface area contributed by atoms with Crippen LogP contribution in [0.15, 0.2) is 24.3 Å².